The molecule has 0 aliphatic heterocycles. The third-order valence-corrected chi connectivity index (χ3v) is 2.08. The van der Waals surface area contributed by atoms with Gasteiger partial charge in [0.2, 0.25) is 11.2 Å². The Balaban J connectivity index is 2.71. The molecule has 0 saturated carbocycles. The second-order valence-electron chi connectivity index (χ2n) is 2.19. The molecule has 0 radical (unpaired) electrons. The lowest BCUT2D eigenvalue weighted by molar-refractivity contribution is -0.115. The summed E-state index contributed by atoms with van der Waals surface area (Å²) >= 11 is 6.71. The summed E-state index contributed by atoms with van der Waals surface area (Å²) in [6.45, 7) is 1.70. The SMILES string of the molecule is Cc1nc(Cl)nc(SCC(N)=O)n1. The Bertz CT molecular complexity index is 312. The van der Waals surface area contributed by atoms with E-state index >= 15 is 0 Å². The van der Waals surface area contributed by atoms with Gasteiger partial charge in [0.15, 0.2) is 5.16 Å². The molecule has 1 rings (SSSR count). The zero-order chi connectivity index (χ0) is 9.84. The lowest BCUT2D eigenvalue weighted by Crippen LogP contribution is -2.13. The molecule has 0 saturated heterocycles. The Morgan fingerprint density at radius 1 is 1.54 bits per heavy atom. The molecule has 2 N–H and O–H groups in total. The maximum absolute atomic E-state index is 10.4. The standard InChI is InChI=1S/C6H7ClN4OS/c1-3-9-5(7)11-6(10-3)13-2-4(8)12/h2H2,1H3,(H2,8,12). The molecule has 0 fully saturated rings. The fourth-order valence-corrected chi connectivity index (χ4v) is 1.50. The lowest BCUT2D eigenvalue weighted by Gasteiger charge is -1.98. The molecule has 0 atom stereocenters. The van der Waals surface area contributed by atoms with Gasteiger partial charge in [-0.1, -0.05) is 11.8 Å². The molecule has 0 unspecified atom stereocenters. The number of nitrogens with two attached hydrogens (primary N) is 1. The Morgan fingerprint density at radius 2 is 2.23 bits per heavy atom. The number of amides is 1. The third-order valence-electron chi connectivity index (χ3n) is 1.04. The number of aromatic nitrogens is 3. The van der Waals surface area contributed by atoms with Crippen LogP contribution in [0.1, 0.15) is 5.82 Å². The molecule has 0 aliphatic rings. The maximum atomic E-state index is 10.4. The third kappa shape index (κ3) is 3.56. The number of thioether (sulfide) groups is 1. The predicted molar refractivity (Wildman–Crippen MR) is 49.5 cm³/mol. The summed E-state index contributed by atoms with van der Waals surface area (Å²) in [6.07, 6.45) is 0. The summed E-state index contributed by atoms with van der Waals surface area (Å²) < 4.78 is 0. The molecule has 1 amide bonds. The minimum atomic E-state index is -0.417. The lowest BCUT2D eigenvalue weighted by atomic mass is 10.7. The van der Waals surface area contributed by atoms with Gasteiger partial charge < -0.3 is 5.73 Å². The van der Waals surface area contributed by atoms with Crippen molar-refractivity contribution in [2.45, 2.75) is 12.1 Å². The van der Waals surface area contributed by atoms with Crippen molar-refractivity contribution in [3.05, 3.63) is 11.1 Å². The minimum Gasteiger partial charge on any atom is -0.369 e. The van der Waals surface area contributed by atoms with Crippen LogP contribution < -0.4 is 5.73 Å². The summed E-state index contributed by atoms with van der Waals surface area (Å²) in [5, 5.41) is 0.538. The average molecular weight is 219 g/mol. The maximum Gasteiger partial charge on any atom is 0.227 e. The van der Waals surface area contributed by atoms with Crippen molar-refractivity contribution in [1.82, 2.24) is 15.0 Å². The van der Waals surface area contributed by atoms with Gasteiger partial charge in [-0.2, -0.15) is 4.98 Å². The first kappa shape index (κ1) is 10.2. The van der Waals surface area contributed by atoms with Crippen molar-refractivity contribution in [2.24, 2.45) is 5.73 Å². The molecule has 0 aliphatic carbocycles. The molecule has 7 heteroatoms. The quantitative estimate of drug-likeness (QED) is 0.744. The summed E-state index contributed by atoms with van der Waals surface area (Å²) in [5.74, 6) is 0.242. The summed E-state index contributed by atoms with van der Waals surface area (Å²) in [7, 11) is 0. The topological polar surface area (TPSA) is 81.8 Å². The van der Waals surface area contributed by atoms with E-state index in [2.05, 4.69) is 15.0 Å². The molecular weight excluding hydrogens is 212 g/mol. The van der Waals surface area contributed by atoms with Crippen LogP contribution >= 0.6 is 23.4 Å². The van der Waals surface area contributed by atoms with Crippen LogP contribution in [0.2, 0.25) is 5.28 Å². The van der Waals surface area contributed by atoms with E-state index in [0.29, 0.717) is 11.0 Å². The fraction of sp³-hybridized carbons (Fsp3) is 0.333. The van der Waals surface area contributed by atoms with Crippen LogP contribution in [-0.2, 0) is 4.79 Å². The van der Waals surface area contributed by atoms with E-state index in [-0.39, 0.29) is 11.0 Å². The minimum absolute atomic E-state index is 0.125. The van der Waals surface area contributed by atoms with Crippen LogP contribution in [0.15, 0.2) is 5.16 Å². The van der Waals surface area contributed by atoms with E-state index in [1.165, 1.54) is 0 Å². The van der Waals surface area contributed by atoms with E-state index in [1.54, 1.807) is 6.92 Å². The van der Waals surface area contributed by atoms with Crippen LogP contribution in [0.25, 0.3) is 0 Å². The molecule has 0 bridgehead atoms. The van der Waals surface area contributed by atoms with Gasteiger partial charge >= 0.3 is 0 Å². The number of aryl methyl sites for hydroxylation is 1. The molecule has 0 spiro atoms. The first-order valence-electron chi connectivity index (χ1n) is 3.37. The normalized spacial score (nSPS) is 10.0. The van der Waals surface area contributed by atoms with Crippen LogP contribution in [0.5, 0.6) is 0 Å². The van der Waals surface area contributed by atoms with E-state index < -0.39 is 5.91 Å². The first-order valence-corrected chi connectivity index (χ1v) is 4.73. The van der Waals surface area contributed by atoms with Crippen LogP contribution in [-0.4, -0.2) is 26.6 Å². The van der Waals surface area contributed by atoms with Gasteiger partial charge in [0.25, 0.3) is 0 Å². The van der Waals surface area contributed by atoms with Gasteiger partial charge in [-0.3, -0.25) is 4.79 Å². The summed E-state index contributed by atoms with van der Waals surface area (Å²) in [6, 6.07) is 0. The van der Waals surface area contributed by atoms with Crippen LogP contribution in [0, 0.1) is 6.92 Å². The summed E-state index contributed by atoms with van der Waals surface area (Å²) in [4.78, 5) is 22.0. The number of halogens is 1. The second-order valence-corrected chi connectivity index (χ2v) is 3.47. The molecule has 1 aromatic rings. The highest BCUT2D eigenvalue weighted by atomic mass is 35.5. The van der Waals surface area contributed by atoms with E-state index in [4.69, 9.17) is 17.3 Å². The molecule has 5 nitrogen and oxygen atoms in total. The van der Waals surface area contributed by atoms with Crippen molar-refractivity contribution in [3.8, 4) is 0 Å². The Morgan fingerprint density at radius 3 is 2.77 bits per heavy atom. The number of hydrogen-bond acceptors (Lipinski definition) is 5. The number of nitrogens with zero attached hydrogens (tertiary/aromatic N) is 3. The average Bonchev–Trinajstić information content (AvgIpc) is 1.99. The summed E-state index contributed by atoms with van der Waals surface area (Å²) in [5.41, 5.74) is 4.95. The van der Waals surface area contributed by atoms with Gasteiger partial charge in [-0.25, -0.2) is 9.97 Å². The molecule has 70 valence electrons. The Labute approximate surface area is 84.1 Å². The van der Waals surface area contributed by atoms with Crippen LogP contribution in [0.4, 0.5) is 0 Å². The van der Waals surface area contributed by atoms with E-state index in [9.17, 15) is 4.79 Å². The predicted octanol–water partition coefficient (Wildman–Crippen LogP) is 0.411. The smallest absolute Gasteiger partial charge is 0.227 e. The molecule has 1 aromatic heterocycles. The molecule has 0 aromatic carbocycles. The highest BCUT2D eigenvalue weighted by Crippen LogP contribution is 2.13. The zero-order valence-corrected chi connectivity index (χ0v) is 8.39. The van der Waals surface area contributed by atoms with Crippen molar-refractivity contribution < 1.29 is 4.79 Å². The van der Waals surface area contributed by atoms with E-state index in [1.807, 2.05) is 0 Å². The van der Waals surface area contributed by atoms with Gasteiger partial charge in [0.1, 0.15) is 5.82 Å². The highest BCUT2D eigenvalue weighted by Gasteiger charge is 2.03. The Kier molecular flexibility index (Phi) is 3.44. The molecule has 13 heavy (non-hydrogen) atoms. The number of rotatable bonds is 3. The second kappa shape index (κ2) is 4.38. The fourth-order valence-electron chi connectivity index (χ4n) is 0.626. The van der Waals surface area contributed by atoms with Crippen molar-refractivity contribution in [2.75, 3.05) is 5.75 Å². The first-order chi connectivity index (χ1) is 6.08. The monoisotopic (exact) mass is 218 g/mol. The molecule has 1 heterocycles. The van der Waals surface area contributed by atoms with Gasteiger partial charge in [0, 0.05) is 0 Å². The van der Waals surface area contributed by atoms with Crippen molar-refractivity contribution in [1.29, 1.82) is 0 Å². The number of hydrogen-bond donors (Lipinski definition) is 1. The van der Waals surface area contributed by atoms with Gasteiger partial charge in [-0.15, -0.1) is 0 Å². The number of carbonyl (C=O) groups is 1. The highest BCUT2D eigenvalue weighted by molar-refractivity contribution is 7.99. The van der Waals surface area contributed by atoms with Crippen molar-refractivity contribution >= 4 is 29.3 Å². The number of carbonyl (C=O) groups excluding carboxylic acids is 1. The van der Waals surface area contributed by atoms with Gasteiger partial charge in [0.05, 0.1) is 5.75 Å². The zero-order valence-electron chi connectivity index (χ0n) is 6.82. The Hall–Kier alpha value is -0.880. The number of primary amides is 1. The van der Waals surface area contributed by atoms with Crippen LogP contribution in [0.3, 0.4) is 0 Å². The molecular formula is C6H7ClN4OS. The van der Waals surface area contributed by atoms with E-state index in [0.717, 1.165) is 11.8 Å². The van der Waals surface area contributed by atoms with Gasteiger partial charge in [-0.05, 0) is 18.5 Å². The largest absolute Gasteiger partial charge is 0.369 e. The van der Waals surface area contributed by atoms with Crippen molar-refractivity contribution in [3.63, 3.8) is 0 Å².